The largest absolute Gasteiger partial charge is 0.306 e. The third kappa shape index (κ3) is 2.36. The highest BCUT2D eigenvalue weighted by atomic mass is 32.1. The second-order valence-corrected chi connectivity index (χ2v) is 7.01. The van der Waals surface area contributed by atoms with Crippen LogP contribution in [0, 0.1) is 13.8 Å². The molecule has 0 aliphatic heterocycles. The first-order valence-corrected chi connectivity index (χ1v) is 8.61. The van der Waals surface area contributed by atoms with E-state index in [0.717, 1.165) is 32.0 Å². The Kier molecular flexibility index (Phi) is 3.54. The number of nitrogens with one attached hydrogen (secondary N) is 1. The summed E-state index contributed by atoms with van der Waals surface area (Å²) in [4.78, 5) is 22.4. The van der Waals surface area contributed by atoms with Crippen molar-refractivity contribution in [2.45, 2.75) is 13.8 Å². The molecule has 2 aromatic carbocycles. The normalized spacial score (nSPS) is 11.1. The summed E-state index contributed by atoms with van der Waals surface area (Å²) in [6.45, 7) is 4.07. The summed E-state index contributed by atoms with van der Waals surface area (Å²) in [7, 11) is 0. The van der Waals surface area contributed by atoms with Crippen LogP contribution in [0.3, 0.4) is 0 Å². The minimum atomic E-state index is -0.0820. The number of fused-ring (bicyclic) bond motifs is 1. The Morgan fingerprint density at radius 1 is 0.958 bits per heavy atom. The molecule has 0 unspecified atom stereocenters. The van der Waals surface area contributed by atoms with Gasteiger partial charge in [-0.05, 0) is 25.0 Å². The lowest BCUT2D eigenvalue weighted by atomic mass is 10.0. The predicted octanol–water partition coefficient (Wildman–Crippen LogP) is 4.94. The lowest BCUT2D eigenvalue weighted by molar-refractivity contribution is 1.18. The van der Waals surface area contributed by atoms with E-state index < -0.39 is 0 Å². The van der Waals surface area contributed by atoms with Gasteiger partial charge in [-0.2, -0.15) is 0 Å². The average Bonchev–Trinajstić information content (AvgIpc) is 2.92. The Bertz CT molecular complexity index is 1090. The van der Waals surface area contributed by atoms with Crippen LogP contribution in [0.1, 0.15) is 10.4 Å². The van der Waals surface area contributed by atoms with Crippen molar-refractivity contribution in [2.75, 3.05) is 0 Å². The second-order valence-electron chi connectivity index (χ2n) is 5.81. The maximum absolute atomic E-state index is 12.8. The summed E-state index contributed by atoms with van der Waals surface area (Å²) < 4.78 is 0. The van der Waals surface area contributed by atoms with Crippen LogP contribution in [0.2, 0.25) is 0 Å². The Labute approximate surface area is 143 Å². The van der Waals surface area contributed by atoms with E-state index in [4.69, 9.17) is 4.98 Å². The molecule has 0 amide bonds. The van der Waals surface area contributed by atoms with Gasteiger partial charge < -0.3 is 4.98 Å². The molecule has 0 fully saturated rings. The number of aryl methyl sites for hydroxylation is 2. The van der Waals surface area contributed by atoms with Crippen molar-refractivity contribution in [1.29, 1.82) is 0 Å². The fourth-order valence-corrected chi connectivity index (χ4v) is 4.08. The SMILES string of the molecule is Cc1ccccc1-c1nc2sc(C)c(-c3ccccc3)c2c(=O)[nH]1. The minimum Gasteiger partial charge on any atom is -0.306 e. The lowest BCUT2D eigenvalue weighted by Gasteiger charge is -2.05. The molecule has 24 heavy (non-hydrogen) atoms. The Morgan fingerprint density at radius 3 is 2.42 bits per heavy atom. The van der Waals surface area contributed by atoms with Crippen LogP contribution in [0.25, 0.3) is 32.7 Å². The van der Waals surface area contributed by atoms with Gasteiger partial charge in [-0.15, -0.1) is 11.3 Å². The fourth-order valence-electron chi connectivity index (χ4n) is 3.04. The molecule has 0 aliphatic carbocycles. The number of rotatable bonds is 2. The van der Waals surface area contributed by atoms with Crippen LogP contribution in [0.15, 0.2) is 59.4 Å². The summed E-state index contributed by atoms with van der Waals surface area (Å²) in [5.41, 5.74) is 4.01. The zero-order chi connectivity index (χ0) is 16.7. The Morgan fingerprint density at radius 2 is 1.67 bits per heavy atom. The van der Waals surface area contributed by atoms with Crippen LogP contribution >= 0.6 is 11.3 Å². The monoisotopic (exact) mass is 332 g/mol. The molecule has 4 aromatic rings. The number of hydrogen-bond donors (Lipinski definition) is 1. The molecule has 0 spiro atoms. The van der Waals surface area contributed by atoms with Gasteiger partial charge in [0.2, 0.25) is 0 Å². The number of thiophene rings is 1. The molecular formula is C20H16N2OS. The third-order valence-electron chi connectivity index (χ3n) is 4.20. The zero-order valence-corrected chi connectivity index (χ0v) is 14.3. The summed E-state index contributed by atoms with van der Waals surface area (Å²) in [5, 5.41) is 0.682. The van der Waals surface area contributed by atoms with Crippen molar-refractivity contribution in [3.05, 3.63) is 75.4 Å². The highest BCUT2D eigenvalue weighted by molar-refractivity contribution is 7.19. The maximum Gasteiger partial charge on any atom is 0.260 e. The van der Waals surface area contributed by atoms with Crippen molar-refractivity contribution in [1.82, 2.24) is 9.97 Å². The lowest BCUT2D eigenvalue weighted by Crippen LogP contribution is -2.09. The van der Waals surface area contributed by atoms with Crippen LogP contribution < -0.4 is 5.56 Å². The van der Waals surface area contributed by atoms with Crippen molar-refractivity contribution in [2.24, 2.45) is 0 Å². The van der Waals surface area contributed by atoms with Gasteiger partial charge in [0.1, 0.15) is 10.7 Å². The first-order chi connectivity index (χ1) is 11.6. The van der Waals surface area contributed by atoms with Crippen molar-refractivity contribution in [3.63, 3.8) is 0 Å². The zero-order valence-electron chi connectivity index (χ0n) is 13.5. The van der Waals surface area contributed by atoms with Gasteiger partial charge in [0, 0.05) is 16.0 Å². The number of nitrogens with zero attached hydrogens (tertiary/aromatic N) is 1. The van der Waals surface area contributed by atoms with E-state index in [0.29, 0.717) is 11.2 Å². The molecule has 0 radical (unpaired) electrons. The maximum atomic E-state index is 12.8. The Hall–Kier alpha value is -2.72. The van der Waals surface area contributed by atoms with E-state index in [1.165, 1.54) is 0 Å². The van der Waals surface area contributed by atoms with Gasteiger partial charge in [0.25, 0.3) is 5.56 Å². The summed E-state index contributed by atoms with van der Waals surface area (Å²) in [6.07, 6.45) is 0. The summed E-state index contributed by atoms with van der Waals surface area (Å²) in [5.74, 6) is 0.631. The molecule has 4 rings (SSSR count). The molecule has 0 saturated carbocycles. The van der Waals surface area contributed by atoms with E-state index in [1.54, 1.807) is 11.3 Å². The minimum absolute atomic E-state index is 0.0820. The standard InChI is InChI=1S/C20H16N2OS/c1-12-8-6-7-11-15(12)18-21-19(23)17-16(13(2)24-20(17)22-18)14-9-4-3-5-10-14/h3-11H,1-2H3,(H,21,22,23). The summed E-state index contributed by atoms with van der Waals surface area (Å²) in [6, 6.07) is 18.0. The van der Waals surface area contributed by atoms with Crippen molar-refractivity contribution >= 4 is 21.6 Å². The molecule has 118 valence electrons. The number of aromatic nitrogens is 2. The average molecular weight is 332 g/mol. The first kappa shape index (κ1) is 14.8. The van der Waals surface area contributed by atoms with Crippen molar-refractivity contribution in [3.8, 4) is 22.5 Å². The molecule has 4 heteroatoms. The molecule has 0 bridgehead atoms. The molecule has 0 aliphatic rings. The van der Waals surface area contributed by atoms with Crippen LogP contribution in [-0.2, 0) is 0 Å². The number of H-pyrrole nitrogens is 1. The van der Waals surface area contributed by atoms with E-state index >= 15 is 0 Å². The highest BCUT2D eigenvalue weighted by Gasteiger charge is 2.17. The molecule has 2 aromatic heterocycles. The molecule has 0 saturated heterocycles. The van der Waals surface area contributed by atoms with E-state index in [9.17, 15) is 4.79 Å². The topological polar surface area (TPSA) is 45.8 Å². The van der Waals surface area contributed by atoms with Crippen molar-refractivity contribution < 1.29 is 0 Å². The Balaban J connectivity index is 2.00. The smallest absolute Gasteiger partial charge is 0.260 e. The van der Waals surface area contributed by atoms with Gasteiger partial charge in [-0.1, -0.05) is 54.6 Å². The van der Waals surface area contributed by atoms with Gasteiger partial charge >= 0.3 is 0 Å². The summed E-state index contributed by atoms with van der Waals surface area (Å²) >= 11 is 1.57. The molecular weight excluding hydrogens is 316 g/mol. The predicted molar refractivity (Wildman–Crippen MR) is 101 cm³/mol. The van der Waals surface area contributed by atoms with E-state index in [1.807, 2.05) is 68.4 Å². The second kappa shape index (κ2) is 5.73. The van der Waals surface area contributed by atoms with Crippen LogP contribution in [-0.4, -0.2) is 9.97 Å². The third-order valence-corrected chi connectivity index (χ3v) is 5.20. The van der Waals surface area contributed by atoms with Gasteiger partial charge in [0.05, 0.1) is 5.39 Å². The van der Waals surface area contributed by atoms with E-state index in [2.05, 4.69) is 4.98 Å². The van der Waals surface area contributed by atoms with Gasteiger partial charge in [0.15, 0.2) is 0 Å². The number of hydrogen-bond acceptors (Lipinski definition) is 3. The molecule has 3 nitrogen and oxygen atoms in total. The van der Waals surface area contributed by atoms with Gasteiger partial charge in [-0.3, -0.25) is 4.79 Å². The van der Waals surface area contributed by atoms with Gasteiger partial charge in [-0.25, -0.2) is 4.98 Å². The first-order valence-electron chi connectivity index (χ1n) is 7.80. The van der Waals surface area contributed by atoms with Crippen LogP contribution in [0.4, 0.5) is 0 Å². The highest BCUT2D eigenvalue weighted by Crippen LogP contribution is 2.36. The molecule has 2 heterocycles. The fraction of sp³-hybridized carbons (Fsp3) is 0.100. The number of benzene rings is 2. The molecule has 0 atom stereocenters. The molecule has 1 N–H and O–H groups in total. The number of aromatic amines is 1. The van der Waals surface area contributed by atoms with Crippen LogP contribution in [0.5, 0.6) is 0 Å². The van der Waals surface area contributed by atoms with E-state index in [-0.39, 0.29) is 5.56 Å². The quantitative estimate of drug-likeness (QED) is 0.565.